The number of hydrogen-bond acceptors (Lipinski definition) is 2. The number of aliphatic carboxylic acids is 1. The SMILES string of the molecule is CCC(C)C(CCN)C(=O)O. The highest BCUT2D eigenvalue weighted by Gasteiger charge is 2.21. The average Bonchev–Trinajstić information content (AvgIpc) is 1.98. The Kier molecular flexibility index (Phi) is 4.86. The Bertz CT molecular complexity index is 125. The lowest BCUT2D eigenvalue weighted by Crippen LogP contribution is -2.24. The maximum atomic E-state index is 10.6. The maximum Gasteiger partial charge on any atom is 0.306 e. The van der Waals surface area contributed by atoms with E-state index in [0.717, 1.165) is 6.42 Å². The van der Waals surface area contributed by atoms with Gasteiger partial charge in [0.05, 0.1) is 5.92 Å². The van der Waals surface area contributed by atoms with E-state index in [0.29, 0.717) is 13.0 Å². The normalized spacial score (nSPS) is 15.9. The van der Waals surface area contributed by atoms with Gasteiger partial charge in [-0.25, -0.2) is 0 Å². The van der Waals surface area contributed by atoms with Crippen LogP contribution in [0.3, 0.4) is 0 Å². The van der Waals surface area contributed by atoms with Crippen LogP contribution in [-0.2, 0) is 4.79 Å². The molecule has 0 aliphatic heterocycles. The van der Waals surface area contributed by atoms with Crippen molar-refractivity contribution in [1.29, 1.82) is 0 Å². The minimum Gasteiger partial charge on any atom is -0.481 e. The Balaban J connectivity index is 3.97. The average molecular weight is 159 g/mol. The lowest BCUT2D eigenvalue weighted by atomic mass is 9.89. The summed E-state index contributed by atoms with van der Waals surface area (Å²) < 4.78 is 0. The fourth-order valence-electron chi connectivity index (χ4n) is 1.12. The summed E-state index contributed by atoms with van der Waals surface area (Å²) in [6.45, 7) is 4.41. The molecular weight excluding hydrogens is 142 g/mol. The van der Waals surface area contributed by atoms with Gasteiger partial charge in [-0.3, -0.25) is 4.79 Å². The molecule has 0 aliphatic carbocycles. The molecule has 0 saturated carbocycles. The van der Waals surface area contributed by atoms with E-state index >= 15 is 0 Å². The number of carbonyl (C=O) groups is 1. The van der Waals surface area contributed by atoms with Crippen molar-refractivity contribution in [2.24, 2.45) is 17.6 Å². The Hall–Kier alpha value is -0.570. The maximum absolute atomic E-state index is 10.6. The van der Waals surface area contributed by atoms with Crippen molar-refractivity contribution in [1.82, 2.24) is 0 Å². The summed E-state index contributed by atoms with van der Waals surface area (Å²) in [4.78, 5) is 10.6. The number of hydrogen-bond donors (Lipinski definition) is 2. The number of carboxylic acids is 1. The van der Waals surface area contributed by atoms with E-state index in [1.807, 2.05) is 13.8 Å². The third kappa shape index (κ3) is 3.37. The van der Waals surface area contributed by atoms with Gasteiger partial charge in [-0.15, -0.1) is 0 Å². The summed E-state index contributed by atoms with van der Waals surface area (Å²) in [5.41, 5.74) is 5.30. The van der Waals surface area contributed by atoms with Crippen LogP contribution in [0.25, 0.3) is 0 Å². The molecule has 0 spiro atoms. The first kappa shape index (κ1) is 10.4. The Morgan fingerprint density at radius 2 is 2.18 bits per heavy atom. The van der Waals surface area contributed by atoms with E-state index in [2.05, 4.69) is 0 Å². The van der Waals surface area contributed by atoms with Crippen LogP contribution in [0, 0.1) is 11.8 Å². The van der Waals surface area contributed by atoms with Crippen molar-refractivity contribution in [2.45, 2.75) is 26.7 Å². The van der Waals surface area contributed by atoms with Gasteiger partial charge in [0, 0.05) is 0 Å². The quantitative estimate of drug-likeness (QED) is 0.631. The van der Waals surface area contributed by atoms with E-state index in [4.69, 9.17) is 10.8 Å². The summed E-state index contributed by atoms with van der Waals surface area (Å²) in [5, 5.41) is 8.75. The first-order chi connectivity index (χ1) is 5.13. The van der Waals surface area contributed by atoms with Gasteiger partial charge >= 0.3 is 5.97 Å². The molecule has 0 aliphatic rings. The molecule has 0 aromatic carbocycles. The van der Waals surface area contributed by atoms with E-state index < -0.39 is 5.97 Å². The third-order valence-electron chi connectivity index (χ3n) is 2.13. The van der Waals surface area contributed by atoms with Crippen LogP contribution in [0.1, 0.15) is 26.7 Å². The van der Waals surface area contributed by atoms with Crippen molar-refractivity contribution in [3.05, 3.63) is 0 Å². The molecule has 0 amide bonds. The largest absolute Gasteiger partial charge is 0.481 e. The van der Waals surface area contributed by atoms with E-state index in [9.17, 15) is 4.79 Å². The standard InChI is InChI=1S/C8H17NO2/c1-3-6(2)7(4-5-9)8(10)11/h6-7H,3-5,9H2,1-2H3,(H,10,11). The van der Waals surface area contributed by atoms with Gasteiger partial charge < -0.3 is 10.8 Å². The van der Waals surface area contributed by atoms with Crippen LogP contribution in [-0.4, -0.2) is 17.6 Å². The molecule has 0 aromatic rings. The molecule has 66 valence electrons. The summed E-state index contributed by atoms with van der Waals surface area (Å²) in [6.07, 6.45) is 1.49. The molecule has 0 bridgehead atoms. The second kappa shape index (κ2) is 5.13. The highest BCUT2D eigenvalue weighted by molar-refractivity contribution is 5.70. The van der Waals surface area contributed by atoms with Crippen molar-refractivity contribution in [3.8, 4) is 0 Å². The van der Waals surface area contributed by atoms with Gasteiger partial charge in [-0.05, 0) is 18.9 Å². The minimum atomic E-state index is -0.718. The molecule has 2 unspecified atom stereocenters. The fraction of sp³-hybridized carbons (Fsp3) is 0.875. The third-order valence-corrected chi connectivity index (χ3v) is 2.13. The lowest BCUT2D eigenvalue weighted by molar-refractivity contribution is -0.143. The van der Waals surface area contributed by atoms with Gasteiger partial charge in [0.15, 0.2) is 0 Å². The summed E-state index contributed by atoms with van der Waals surface area (Å²) >= 11 is 0. The first-order valence-corrected chi connectivity index (χ1v) is 4.06. The Morgan fingerprint density at radius 3 is 2.45 bits per heavy atom. The molecule has 0 aromatic heterocycles. The molecule has 0 radical (unpaired) electrons. The van der Waals surface area contributed by atoms with Crippen molar-refractivity contribution in [3.63, 3.8) is 0 Å². The van der Waals surface area contributed by atoms with E-state index in [1.54, 1.807) is 0 Å². The summed E-state index contributed by atoms with van der Waals surface area (Å²) in [7, 11) is 0. The number of carboxylic acid groups (broad SMARTS) is 1. The van der Waals surface area contributed by atoms with Crippen LogP contribution >= 0.6 is 0 Å². The van der Waals surface area contributed by atoms with Crippen molar-refractivity contribution >= 4 is 5.97 Å². The Labute approximate surface area is 67.6 Å². The summed E-state index contributed by atoms with van der Waals surface area (Å²) in [5.74, 6) is -0.745. The van der Waals surface area contributed by atoms with Crippen LogP contribution < -0.4 is 5.73 Å². The zero-order valence-electron chi connectivity index (χ0n) is 7.21. The number of nitrogens with two attached hydrogens (primary N) is 1. The van der Waals surface area contributed by atoms with Gasteiger partial charge in [-0.2, -0.15) is 0 Å². The molecule has 11 heavy (non-hydrogen) atoms. The lowest BCUT2D eigenvalue weighted by Gasteiger charge is -2.17. The molecule has 3 nitrogen and oxygen atoms in total. The molecular formula is C8H17NO2. The van der Waals surface area contributed by atoms with Gasteiger partial charge in [0.25, 0.3) is 0 Å². The van der Waals surface area contributed by atoms with E-state index in [-0.39, 0.29) is 11.8 Å². The second-order valence-electron chi connectivity index (χ2n) is 2.91. The van der Waals surface area contributed by atoms with Crippen LogP contribution in [0.4, 0.5) is 0 Å². The summed E-state index contributed by atoms with van der Waals surface area (Å²) in [6, 6.07) is 0. The first-order valence-electron chi connectivity index (χ1n) is 4.06. The molecule has 2 atom stereocenters. The van der Waals surface area contributed by atoms with Gasteiger partial charge in [0.2, 0.25) is 0 Å². The number of rotatable bonds is 5. The van der Waals surface area contributed by atoms with Gasteiger partial charge in [0.1, 0.15) is 0 Å². The van der Waals surface area contributed by atoms with Crippen LogP contribution in [0.15, 0.2) is 0 Å². The minimum absolute atomic E-state index is 0.232. The zero-order chi connectivity index (χ0) is 8.85. The predicted octanol–water partition coefficient (Wildman–Crippen LogP) is 1.08. The second-order valence-corrected chi connectivity index (χ2v) is 2.91. The highest BCUT2D eigenvalue weighted by Crippen LogP contribution is 2.18. The molecule has 3 heteroatoms. The van der Waals surface area contributed by atoms with Crippen molar-refractivity contribution < 1.29 is 9.90 Å². The van der Waals surface area contributed by atoms with Crippen LogP contribution in [0.5, 0.6) is 0 Å². The fourth-order valence-corrected chi connectivity index (χ4v) is 1.12. The smallest absolute Gasteiger partial charge is 0.306 e. The Morgan fingerprint density at radius 1 is 1.64 bits per heavy atom. The highest BCUT2D eigenvalue weighted by atomic mass is 16.4. The predicted molar refractivity (Wildman–Crippen MR) is 44.3 cm³/mol. The van der Waals surface area contributed by atoms with Crippen LogP contribution in [0.2, 0.25) is 0 Å². The molecule has 0 rings (SSSR count). The topological polar surface area (TPSA) is 63.3 Å². The molecule has 0 heterocycles. The van der Waals surface area contributed by atoms with Gasteiger partial charge in [-0.1, -0.05) is 20.3 Å². The molecule has 3 N–H and O–H groups in total. The zero-order valence-corrected chi connectivity index (χ0v) is 7.21. The monoisotopic (exact) mass is 159 g/mol. The van der Waals surface area contributed by atoms with Crippen molar-refractivity contribution in [2.75, 3.05) is 6.54 Å². The van der Waals surface area contributed by atoms with E-state index in [1.165, 1.54) is 0 Å². The molecule has 0 fully saturated rings. The molecule has 0 saturated heterocycles.